The quantitative estimate of drug-likeness (QED) is 0.708. The van der Waals surface area contributed by atoms with Gasteiger partial charge in [0.25, 0.3) is 10.1 Å². The van der Waals surface area contributed by atoms with Gasteiger partial charge in [-0.1, -0.05) is 0 Å². The summed E-state index contributed by atoms with van der Waals surface area (Å²) in [6, 6.07) is 12.3. The highest BCUT2D eigenvalue weighted by Crippen LogP contribution is 2.30. The average Bonchev–Trinajstić information content (AvgIpc) is 2.80. The number of aromatic hydroxyl groups is 1. The van der Waals surface area contributed by atoms with E-state index in [0.717, 1.165) is 5.39 Å². The molecule has 0 fully saturated rings. The maximum atomic E-state index is 11.0. The number of hydrogen-bond donors (Lipinski definition) is 2. The van der Waals surface area contributed by atoms with E-state index in [9.17, 15) is 13.5 Å². The first kappa shape index (κ1) is 12.7. The molecule has 0 unspecified atom stereocenters. The lowest BCUT2D eigenvalue weighted by atomic mass is 10.1. The van der Waals surface area contributed by atoms with Gasteiger partial charge in [0.1, 0.15) is 17.1 Å². The van der Waals surface area contributed by atoms with Crippen LogP contribution in [0.1, 0.15) is 0 Å². The van der Waals surface area contributed by atoms with Crippen LogP contribution in [0.3, 0.4) is 0 Å². The molecule has 2 N–H and O–H groups in total. The van der Waals surface area contributed by atoms with Gasteiger partial charge in [-0.05, 0) is 42.5 Å². The number of hydrogen-bond acceptors (Lipinski definition) is 4. The van der Waals surface area contributed by atoms with Crippen molar-refractivity contribution in [3.63, 3.8) is 0 Å². The molecule has 102 valence electrons. The van der Waals surface area contributed by atoms with E-state index in [0.29, 0.717) is 16.9 Å². The first-order valence-electron chi connectivity index (χ1n) is 5.74. The van der Waals surface area contributed by atoms with E-state index < -0.39 is 10.1 Å². The summed E-state index contributed by atoms with van der Waals surface area (Å²) in [5, 5.41) is 10.2. The van der Waals surface area contributed by atoms with Crippen molar-refractivity contribution in [3.8, 4) is 17.1 Å². The fourth-order valence-electron chi connectivity index (χ4n) is 1.95. The van der Waals surface area contributed by atoms with E-state index in [1.807, 2.05) is 0 Å². The molecule has 0 spiro atoms. The number of rotatable bonds is 2. The Morgan fingerprint density at radius 2 is 1.65 bits per heavy atom. The van der Waals surface area contributed by atoms with E-state index in [2.05, 4.69) is 0 Å². The number of benzene rings is 2. The Labute approximate surface area is 114 Å². The molecule has 0 radical (unpaired) electrons. The number of phenolic OH excluding ortho intramolecular Hbond substituents is 1. The number of furan rings is 1. The van der Waals surface area contributed by atoms with Crippen LogP contribution in [-0.2, 0) is 10.1 Å². The van der Waals surface area contributed by atoms with Crippen LogP contribution in [0.25, 0.3) is 22.3 Å². The molecule has 0 saturated heterocycles. The molecule has 0 amide bonds. The molecule has 1 aromatic heterocycles. The van der Waals surface area contributed by atoms with Crippen molar-refractivity contribution in [1.29, 1.82) is 0 Å². The molecule has 3 aromatic rings. The largest absolute Gasteiger partial charge is 0.508 e. The molecular formula is C14H10O5S. The summed E-state index contributed by atoms with van der Waals surface area (Å²) in [7, 11) is -4.20. The first-order valence-corrected chi connectivity index (χ1v) is 7.18. The van der Waals surface area contributed by atoms with Crippen LogP contribution < -0.4 is 0 Å². The lowest BCUT2D eigenvalue weighted by Gasteiger charge is -1.99. The van der Waals surface area contributed by atoms with Crippen LogP contribution in [0.4, 0.5) is 0 Å². The number of fused-ring (bicyclic) bond motifs is 1. The monoisotopic (exact) mass is 290 g/mol. The van der Waals surface area contributed by atoms with Gasteiger partial charge in [0.05, 0.1) is 4.90 Å². The van der Waals surface area contributed by atoms with Gasteiger partial charge in [-0.2, -0.15) is 8.42 Å². The molecule has 0 bridgehead atoms. The van der Waals surface area contributed by atoms with E-state index in [4.69, 9.17) is 8.97 Å². The summed E-state index contributed by atoms with van der Waals surface area (Å²) in [6.07, 6.45) is 0. The van der Waals surface area contributed by atoms with Gasteiger partial charge < -0.3 is 9.52 Å². The van der Waals surface area contributed by atoms with Gasteiger partial charge in [-0.3, -0.25) is 4.55 Å². The smallest absolute Gasteiger partial charge is 0.294 e. The molecule has 0 aliphatic carbocycles. The molecule has 6 heteroatoms. The third-order valence-electron chi connectivity index (χ3n) is 2.94. The molecule has 3 rings (SSSR count). The van der Waals surface area contributed by atoms with Crippen LogP contribution in [0.2, 0.25) is 0 Å². The highest BCUT2D eigenvalue weighted by Gasteiger charge is 2.11. The molecule has 20 heavy (non-hydrogen) atoms. The molecule has 2 aromatic carbocycles. The van der Waals surface area contributed by atoms with Crippen LogP contribution in [0.5, 0.6) is 5.75 Å². The lowest BCUT2D eigenvalue weighted by Crippen LogP contribution is -1.96. The number of phenols is 1. The topological polar surface area (TPSA) is 87.7 Å². The Bertz CT molecular complexity index is 876. The fraction of sp³-hybridized carbons (Fsp3) is 0. The Morgan fingerprint density at radius 3 is 2.30 bits per heavy atom. The van der Waals surface area contributed by atoms with Gasteiger partial charge >= 0.3 is 0 Å². The Kier molecular flexibility index (Phi) is 2.77. The highest BCUT2D eigenvalue weighted by molar-refractivity contribution is 7.85. The van der Waals surface area contributed by atoms with Crippen molar-refractivity contribution in [2.45, 2.75) is 4.90 Å². The maximum absolute atomic E-state index is 11.0. The standard InChI is InChI=1S/C14H10O5S/c15-11-4-1-10-7-13(19-14(10)8-11)9-2-5-12(6-3-9)20(16,17)18/h1-8,15H,(H,16,17,18). The van der Waals surface area contributed by atoms with Gasteiger partial charge in [0, 0.05) is 17.0 Å². The summed E-state index contributed by atoms with van der Waals surface area (Å²) in [5.74, 6) is 0.660. The minimum absolute atomic E-state index is 0.111. The summed E-state index contributed by atoms with van der Waals surface area (Å²) in [4.78, 5) is -0.171. The molecule has 5 nitrogen and oxygen atoms in total. The van der Waals surface area contributed by atoms with E-state index in [1.54, 1.807) is 30.3 Å². The third kappa shape index (κ3) is 2.26. The predicted molar refractivity (Wildman–Crippen MR) is 73.1 cm³/mol. The second-order valence-electron chi connectivity index (χ2n) is 4.33. The van der Waals surface area contributed by atoms with Crippen LogP contribution in [0.15, 0.2) is 57.8 Å². The van der Waals surface area contributed by atoms with E-state index in [1.165, 1.54) is 18.2 Å². The van der Waals surface area contributed by atoms with Crippen molar-refractivity contribution in [3.05, 3.63) is 48.5 Å². The summed E-state index contributed by atoms with van der Waals surface area (Å²) in [6.45, 7) is 0. The summed E-state index contributed by atoms with van der Waals surface area (Å²) < 4.78 is 36.4. The zero-order valence-corrected chi connectivity index (χ0v) is 11.0. The van der Waals surface area contributed by atoms with Crippen LogP contribution in [-0.4, -0.2) is 18.1 Å². The minimum Gasteiger partial charge on any atom is -0.508 e. The Hall–Kier alpha value is -2.31. The summed E-state index contributed by atoms with van der Waals surface area (Å²) >= 11 is 0. The SMILES string of the molecule is O=S(=O)(O)c1ccc(-c2cc3ccc(O)cc3o2)cc1. The van der Waals surface area contributed by atoms with Gasteiger partial charge in [-0.25, -0.2) is 0 Å². The van der Waals surface area contributed by atoms with E-state index in [-0.39, 0.29) is 10.6 Å². The zero-order valence-electron chi connectivity index (χ0n) is 10.1. The van der Waals surface area contributed by atoms with Crippen molar-refractivity contribution in [2.75, 3.05) is 0 Å². The van der Waals surface area contributed by atoms with Crippen molar-refractivity contribution < 1.29 is 22.5 Å². The third-order valence-corrected chi connectivity index (χ3v) is 3.81. The Morgan fingerprint density at radius 1 is 0.950 bits per heavy atom. The molecular weight excluding hydrogens is 280 g/mol. The Balaban J connectivity index is 2.07. The summed E-state index contributed by atoms with van der Waals surface area (Å²) in [5.41, 5.74) is 1.21. The fourth-order valence-corrected chi connectivity index (χ4v) is 2.43. The minimum atomic E-state index is -4.20. The van der Waals surface area contributed by atoms with Gasteiger partial charge in [0.2, 0.25) is 0 Å². The zero-order chi connectivity index (χ0) is 14.3. The van der Waals surface area contributed by atoms with Crippen LogP contribution in [0, 0.1) is 0 Å². The lowest BCUT2D eigenvalue weighted by molar-refractivity contribution is 0.474. The van der Waals surface area contributed by atoms with Crippen molar-refractivity contribution in [2.24, 2.45) is 0 Å². The average molecular weight is 290 g/mol. The molecule has 0 aliphatic heterocycles. The van der Waals surface area contributed by atoms with Crippen molar-refractivity contribution >= 4 is 21.1 Å². The van der Waals surface area contributed by atoms with Gasteiger partial charge in [0.15, 0.2) is 0 Å². The molecule has 0 aliphatic rings. The van der Waals surface area contributed by atoms with E-state index >= 15 is 0 Å². The second-order valence-corrected chi connectivity index (χ2v) is 5.75. The first-order chi connectivity index (χ1) is 9.43. The normalized spacial score (nSPS) is 11.8. The van der Waals surface area contributed by atoms with Crippen LogP contribution >= 0.6 is 0 Å². The molecule has 0 atom stereocenters. The van der Waals surface area contributed by atoms with Gasteiger partial charge in [-0.15, -0.1) is 0 Å². The molecule has 0 saturated carbocycles. The second kappa shape index (κ2) is 4.36. The maximum Gasteiger partial charge on any atom is 0.294 e. The molecule has 1 heterocycles. The highest BCUT2D eigenvalue weighted by atomic mass is 32.2. The van der Waals surface area contributed by atoms with Crippen molar-refractivity contribution in [1.82, 2.24) is 0 Å². The predicted octanol–water partition coefficient (Wildman–Crippen LogP) is 3.05.